The Morgan fingerprint density at radius 1 is 1.00 bits per heavy atom. The van der Waals surface area contributed by atoms with Gasteiger partial charge in [0.1, 0.15) is 22.8 Å². The van der Waals surface area contributed by atoms with Crippen LogP contribution in [0.5, 0.6) is 5.75 Å². The first-order valence-corrected chi connectivity index (χ1v) is 8.25. The molecule has 1 aromatic rings. The molecule has 0 radical (unpaired) electrons. The molecule has 0 heterocycles. The van der Waals surface area contributed by atoms with Crippen LogP contribution in [0.1, 0.15) is 41.5 Å². The first-order valence-electron chi connectivity index (χ1n) is 7.87. The Morgan fingerprint density at radius 2 is 1.48 bits per heavy atom. The summed E-state index contributed by atoms with van der Waals surface area (Å²) in [6.45, 7) is 9.46. The molecule has 8 nitrogen and oxygen atoms in total. The number of hydrazine groups is 1. The first-order chi connectivity index (χ1) is 12.2. The monoisotopic (exact) mass is 404 g/mol. The second kappa shape index (κ2) is 8.43. The van der Waals surface area contributed by atoms with Crippen molar-refractivity contribution in [3.05, 3.63) is 29.0 Å². The van der Waals surface area contributed by atoms with Crippen LogP contribution in [0, 0.1) is 5.82 Å². The zero-order valence-corrected chi connectivity index (χ0v) is 16.6. The molecule has 1 rings (SSSR count). The van der Waals surface area contributed by atoms with E-state index >= 15 is 0 Å². The van der Waals surface area contributed by atoms with Crippen LogP contribution in [-0.2, 0) is 9.47 Å². The van der Waals surface area contributed by atoms with Crippen LogP contribution in [-0.4, -0.2) is 34.5 Å². The van der Waals surface area contributed by atoms with Gasteiger partial charge in [0.25, 0.3) is 0 Å². The number of hydrogen-bond acceptors (Lipinski definition) is 6. The Balaban J connectivity index is 2.94. The number of hydrogen-bond donors (Lipinski definition) is 1. The molecule has 1 N–H and O–H groups in total. The van der Waals surface area contributed by atoms with E-state index in [0.29, 0.717) is 0 Å². The molecule has 0 aromatic heterocycles. The second-order valence-corrected chi connectivity index (χ2v) is 7.78. The Kier molecular flexibility index (Phi) is 7.02. The van der Waals surface area contributed by atoms with Crippen LogP contribution in [0.15, 0.2) is 18.2 Å². The molecular weight excluding hydrogens is 383 g/mol. The van der Waals surface area contributed by atoms with E-state index in [4.69, 9.17) is 25.8 Å². The number of imide groups is 1. The smallest absolute Gasteiger partial charge is 0.439 e. The fourth-order valence-corrected chi connectivity index (χ4v) is 1.66. The van der Waals surface area contributed by atoms with Crippen molar-refractivity contribution in [1.29, 1.82) is 0 Å². The number of benzene rings is 1. The minimum absolute atomic E-state index is 0.160. The Bertz CT molecular complexity index is 699. The van der Waals surface area contributed by atoms with Gasteiger partial charge < -0.3 is 14.2 Å². The number of halogens is 2. The molecule has 0 spiro atoms. The summed E-state index contributed by atoms with van der Waals surface area (Å²) in [5.74, 6) is -0.999. The van der Waals surface area contributed by atoms with Gasteiger partial charge in [0, 0.05) is 6.07 Å². The van der Waals surface area contributed by atoms with Crippen molar-refractivity contribution < 1.29 is 33.0 Å². The van der Waals surface area contributed by atoms with Gasteiger partial charge in [-0.1, -0.05) is 11.6 Å². The lowest BCUT2D eigenvalue weighted by Crippen LogP contribution is -2.53. The maximum absolute atomic E-state index is 13.4. The lowest BCUT2D eigenvalue weighted by atomic mass is 10.2. The van der Waals surface area contributed by atoms with Crippen molar-refractivity contribution in [2.45, 2.75) is 52.7 Å². The summed E-state index contributed by atoms with van der Waals surface area (Å²) in [6.07, 6.45) is -3.61. The molecule has 0 aliphatic heterocycles. The molecule has 27 heavy (non-hydrogen) atoms. The third kappa shape index (κ3) is 8.12. The fraction of sp³-hybridized carbons (Fsp3) is 0.471. The number of carbonyl (C=O) groups is 3. The van der Waals surface area contributed by atoms with Crippen LogP contribution >= 0.6 is 11.6 Å². The minimum Gasteiger partial charge on any atom is -0.442 e. The topological polar surface area (TPSA) is 94.2 Å². The maximum atomic E-state index is 13.4. The molecule has 10 heteroatoms. The average Bonchev–Trinajstić information content (AvgIpc) is 2.44. The summed E-state index contributed by atoms with van der Waals surface area (Å²) >= 11 is 5.55. The summed E-state index contributed by atoms with van der Waals surface area (Å²) in [5.41, 5.74) is 0.0275. The predicted molar refractivity (Wildman–Crippen MR) is 94.9 cm³/mol. The van der Waals surface area contributed by atoms with Gasteiger partial charge in [-0.05, 0) is 53.7 Å². The van der Waals surface area contributed by atoms with Crippen molar-refractivity contribution in [2.24, 2.45) is 0 Å². The van der Waals surface area contributed by atoms with Crippen LogP contribution in [0.25, 0.3) is 0 Å². The third-order valence-corrected chi connectivity index (χ3v) is 2.76. The summed E-state index contributed by atoms with van der Waals surface area (Å²) in [5, 5.41) is 0.0670. The number of nitrogens with zero attached hydrogens (tertiary/aromatic N) is 1. The molecular formula is C17H22ClFN2O6. The second-order valence-electron chi connectivity index (χ2n) is 7.37. The van der Waals surface area contributed by atoms with Gasteiger partial charge in [-0.3, -0.25) is 0 Å². The summed E-state index contributed by atoms with van der Waals surface area (Å²) in [4.78, 5) is 36.5. The van der Waals surface area contributed by atoms with E-state index in [1.807, 2.05) is 5.43 Å². The highest BCUT2D eigenvalue weighted by Crippen LogP contribution is 2.20. The Hall–Kier alpha value is -2.55. The fourth-order valence-electron chi connectivity index (χ4n) is 1.54. The van der Waals surface area contributed by atoms with E-state index in [9.17, 15) is 18.8 Å². The Morgan fingerprint density at radius 3 is 1.89 bits per heavy atom. The largest absolute Gasteiger partial charge is 0.442 e. The third-order valence-electron chi connectivity index (χ3n) is 2.46. The number of ether oxygens (including phenoxy) is 3. The Labute approximate surface area is 161 Å². The summed E-state index contributed by atoms with van der Waals surface area (Å²) < 4.78 is 28.4. The van der Waals surface area contributed by atoms with Crippen LogP contribution in [0.2, 0.25) is 5.02 Å². The van der Waals surface area contributed by atoms with E-state index in [-0.39, 0.29) is 15.8 Å². The van der Waals surface area contributed by atoms with Crippen LogP contribution in [0.3, 0.4) is 0 Å². The molecule has 0 aliphatic rings. The highest BCUT2D eigenvalue weighted by Gasteiger charge is 2.33. The zero-order chi connectivity index (χ0) is 21.0. The van der Waals surface area contributed by atoms with Crippen molar-refractivity contribution in [1.82, 2.24) is 10.4 Å². The molecule has 3 amide bonds. The first kappa shape index (κ1) is 22.5. The molecule has 0 atom stereocenters. The SMILES string of the molecule is CC(C)(C)OC(=O)N(NC(=O)Oc1ccc(Cl)c(F)c1)C(=O)OC(C)(C)C. The van der Waals surface area contributed by atoms with E-state index in [1.165, 1.54) is 12.1 Å². The lowest BCUT2D eigenvalue weighted by Gasteiger charge is -2.28. The van der Waals surface area contributed by atoms with E-state index in [2.05, 4.69) is 0 Å². The van der Waals surface area contributed by atoms with Gasteiger partial charge in [0.2, 0.25) is 0 Å². The highest BCUT2D eigenvalue weighted by molar-refractivity contribution is 6.30. The molecule has 0 fully saturated rings. The van der Waals surface area contributed by atoms with Gasteiger partial charge >= 0.3 is 18.3 Å². The lowest BCUT2D eigenvalue weighted by molar-refractivity contribution is -0.00832. The normalized spacial score (nSPS) is 11.4. The van der Waals surface area contributed by atoms with Gasteiger partial charge in [0.05, 0.1) is 5.02 Å². The maximum Gasteiger partial charge on any atom is 0.439 e. The summed E-state index contributed by atoms with van der Waals surface area (Å²) in [6, 6.07) is 3.28. The molecule has 0 bridgehead atoms. The van der Waals surface area contributed by atoms with E-state index in [0.717, 1.165) is 6.07 Å². The number of amides is 3. The molecule has 1 aromatic carbocycles. The molecule has 0 saturated carbocycles. The number of rotatable bonds is 1. The number of carbonyl (C=O) groups excluding carboxylic acids is 3. The van der Waals surface area contributed by atoms with Crippen LogP contribution < -0.4 is 10.2 Å². The molecule has 0 unspecified atom stereocenters. The van der Waals surface area contributed by atoms with Gasteiger partial charge in [0.15, 0.2) is 0 Å². The van der Waals surface area contributed by atoms with Crippen molar-refractivity contribution >= 4 is 29.9 Å². The molecule has 150 valence electrons. The quantitative estimate of drug-likeness (QED) is 0.684. The standard InChI is InChI=1S/C17H22ClFN2O6/c1-16(2,3)26-14(23)21(15(24)27-17(4,5)6)20-13(22)25-10-7-8-11(18)12(19)9-10/h7-9H,1-6H3,(H,20,22). The van der Waals surface area contributed by atoms with E-state index in [1.54, 1.807) is 41.5 Å². The molecule has 0 saturated heterocycles. The van der Waals surface area contributed by atoms with Crippen LogP contribution in [0.4, 0.5) is 18.8 Å². The predicted octanol–water partition coefficient (Wildman–Crippen LogP) is 4.65. The van der Waals surface area contributed by atoms with Crippen molar-refractivity contribution in [3.8, 4) is 5.75 Å². The number of nitrogens with one attached hydrogen (secondary N) is 1. The van der Waals surface area contributed by atoms with Crippen molar-refractivity contribution in [3.63, 3.8) is 0 Å². The van der Waals surface area contributed by atoms with Gasteiger partial charge in [-0.2, -0.15) is 0 Å². The highest BCUT2D eigenvalue weighted by atomic mass is 35.5. The van der Waals surface area contributed by atoms with Crippen molar-refractivity contribution in [2.75, 3.05) is 0 Å². The average molecular weight is 405 g/mol. The van der Waals surface area contributed by atoms with E-state index < -0.39 is 35.3 Å². The minimum atomic E-state index is -1.24. The molecule has 0 aliphatic carbocycles. The summed E-state index contributed by atoms with van der Waals surface area (Å²) in [7, 11) is 0. The van der Waals surface area contributed by atoms with Gasteiger partial charge in [-0.15, -0.1) is 5.01 Å². The zero-order valence-electron chi connectivity index (χ0n) is 15.9. The van der Waals surface area contributed by atoms with Gasteiger partial charge in [-0.25, -0.2) is 24.2 Å².